The number of hydrogen-bond donors (Lipinski definition) is 2. The normalized spacial score (nSPS) is 22.5. The number of ether oxygens (including phenoxy) is 2. The van der Waals surface area contributed by atoms with Crippen molar-refractivity contribution in [2.45, 2.75) is 109 Å². The fourth-order valence-corrected chi connectivity index (χ4v) is 9.40. The number of piperidine rings is 1. The molecule has 1 aromatic heterocycles. The Morgan fingerprint density at radius 3 is 2.37 bits per heavy atom. The summed E-state index contributed by atoms with van der Waals surface area (Å²) in [5, 5.41) is 7.44. The molecule has 4 aromatic rings. The number of nitrogens with one attached hydrogen (secondary N) is 2. The Bertz CT molecular complexity index is 2360. The standard InChI is InChI=1S/C50H61Cl2FN6O6/c1-31-43(60)21-36(29-64-6)47(62)56-50(25-33-10-14-37(51)15-11-33)18-7-19-58(30-50)48(63)35(20-32-8-9-32)22-46(61)59(31)28-40-41(53)23-38(52)24-44(40)65-39-16-12-34(13-17-39)42-26-54-45(57(42)5)27-55-49(2,3)4/h10-17,23-24,26,31-32,35-36,55H,7-9,18-22,25,27-30H2,1-6H3,(H,56,62)/t31-,35+,36-,50+/m0/s1. The van der Waals surface area contributed by atoms with Crippen LogP contribution in [0.2, 0.25) is 10.0 Å². The number of amides is 3. The number of hydrogen-bond acceptors (Lipinski definition) is 8. The van der Waals surface area contributed by atoms with Crippen LogP contribution in [0.15, 0.2) is 66.9 Å². The number of nitrogens with zero attached hydrogens (tertiary/aromatic N) is 4. The van der Waals surface area contributed by atoms with Crippen molar-refractivity contribution in [1.29, 1.82) is 0 Å². The van der Waals surface area contributed by atoms with Gasteiger partial charge in [0.15, 0.2) is 5.78 Å². The smallest absolute Gasteiger partial charge is 0.226 e. The highest BCUT2D eigenvalue weighted by atomic mass is 35.5. The molecule has 15 heteroatoms. The molecular weight excluding hydrogens is 870 g/mol. The molecule has 7 rings (SSSR count). The largest absolute Gasteiger partial charge is 0.457 e. The molecule has 12 nitrogen and oxygen atoms in total. The Morgan fingerprint density at radius 2 is 1.69 bits per heavy atom. The van der Waals surface area contributed by atoms with Gasteiger partial charge in [-0.05, 0) is 113 Å². The van der Waals surface area contributed by atoms with Gasteiger partial charge in [-0.2, -0.15) is 0 Å². The van der Waals surface area contributed by atoms with E-state index in [1.54, 1.807) is 36.1 Å². The number of ketones is 1. The molecule has 2 bridgehead atoms. The maximum absolute atomic E-state index is 16.3. The predicted molar refractivity (Wildman–Crippen MR) is 249 cm³/mol. The highest BCUT2D eigenvalue weighted by Crippen LogP contribution is 2.39. The Kier molecular flexibility index (Phi) is 15.1. The molecule has 3 aromatic carbocycles. The molecule has 2 aliphatic heterocycles. The van der Waals surface area contributed by atoms with Gasteiger partial charge in [-0.15, -0.1) is 0 Å². The van der Waals surface area contributed by atoms with Gasteiger partial charge in [0.2, 0.25) is 17.7 Å². The van der Waals surface area contributed by atoms with E-state index >= 15 is 4.39 Å². The van der Waals surface area contributed by atoms with Crippen LogP contribution >= 0.6 is 23.2 Å². The van der Waals surface area contributed by atoms with E-state index in [1.165, 1.54) is 18.1 Å². The lowest BCUT2D eigenvalue weighted by atomic mass is 9.81. The zero-order chi connectivity index (χ0) is 46.6. The average Bonchev–Trinajstić information content (AvgIpc) is 4.00. The first-order valence-electron chi connectivity index (χ1n) is 22.6. The molecular formula is C50H61Cl2FN6O6. The van der Waals surface area contributed by atoms with Crippen LogP contribution in [0.25, 0.3) is 11.3 Å². The van der Waals surface area contributed by atoms with Crippen molar-refractivity contribution < 1.29 is 33.0 Å². The number of aromatic nitrogens is 2. The van der Waals surface area contributed by atoms with Crippen molar-refractivity contribution >= 4 is 46.7 Å². The van der Waals surface area contributed by atoms with Gasteiger partial charge in [0.05, 0.1) is 49.1 Å². The quantitative estimate of drug-likeness (QED) is 0.136. The average molecular weight is 932 g/mol. The van der Waals surface area contributed by atoms with Gasteiger partial charge in [-0.1, -0.05) is 48.2 Å². The van der Waals surface area contributed by atoms with E-state index in [0.717, 1.165) is 41.6 Å². The van der Waals surface area contributed by atoms with Crippen molar-refractivity contribution in [3.8, 4) is 22.8 Å². The molecule has 3 fully saturated rings. The molecule has 0 unspecified atom stereocenters. The molecule has 0 radical (unpaired) electrons. The minimum atomic E-state index is -1.11. The van der Waals surface area contributed by atoms with Crippen LogP contribution in [0.1, 0.15) is 89.6 Å². The fraction of sp³-hybridized carbons (Fsp3) is 0.500. The number of carbonyl (C=O) groups excluding carboxylic acids is 4. The summed E-state index contributed by atoms with van der Waals surface area (Å²) in [4.78, 5) is 66.0. The number of carbonyl (C=O) groups is 4. The Hall–Kier alpha value is -4.82. The second-order valence-corrected chi connectivity index (χ2v) is 20.1. The van der Waals surface area contributed by atoms with E-state index in [-0.39, 0.29) is 66.2 Å². The summed E-state index contributed by atoms with van der Waals surface area (Å²) in [6, 6.07) is 16.2. The summed E-state index contributed by atoms with van der Waals surface area (Å²) >= 11 is 12.6. The molecule has 1 saturated carbocycles. The lowest BCUT2D eigenvalue weighted by molar-refractivity contribution is -0.148. The van der Waals surface area contributed by atoms with Crippen LogP contribution in [0, 0.1) is 23.6 Å². The van der Waals surface area contributed by atoms with Crippen molar-refractivity contribution in [1.82, 2.24) is 30.0 Å². The summed E-state index contributed by atoms with van der Waals surface area (Å²) < 4.78 is 30.1. The lowest BCUT2D eigenvalue weighted by Crippen LogP contribution is -2.63. The first kappa shape index (κ1) is 48.1. The first-order chi connectivity index (χ1) is 30.9. The molecule has 2 saturated heterocycles. The maximum Gasteiger partial charge on any atom is 0.226 e. The van der Waals surface area contributed by atoms with Crippen LogP contribution in [0.3, 0.4) is 0 Å². The summed E-state index contributed by atoms with van der Waals surface area (Å²) in [6.45, 7) is 8.77. The van der Waals surface area contributed by atoms with Gasteiger partial charge in [-0.3, -0.25) is 19.2 Å². The van der Waals surface area contributed by atoms with Crippen LogP contribution in [0.4, 0.5) is 4.39 Å². The Balaban J connectivity index is 1.18. The molecule has 3 amide bonds. The van der Waals surface area contributed by atoms with E-state index in [1.807, 2.05) is 42.1 Å². The van der Waals surface area contributed by atoms with Gasteiger partial charge < -0.3 is 34.5 Å². The van der Waals surface area contributed by atoms with E-state index < -0.39 is 40.9 Å². The number of methoxy groups -OCH3 is 1. The highest BCUT2D eigenvalue weighted by molar-refractivity contribution is 6.31. The van der Waals surface area contributed by atoms with Crippen LogP contribution in [-0.2, 0) is 50.5 Å². The van der Waals surface area contributed by atoms with Gasteiger partial charge >= 0.3 is 0 Å². The summed E-state index contributed by atoms with van der Waals surface area (Å²) in [5.41, 5.74) is 1.84. The molecule has 4 atom stereocenters. The van der Waals surface area contributed by atoms with Gasteiger partial charge in [0, 0.05) is 72.7 Å². The molecule has 348 valence electrons. The molecule has 0 spiro atoms. The second-order valence-electron chi connectivity index (χ2n) is 19.2. The third kappa shape index (κ3) is 12.2. The van der Waals surface area contributed by atoms with Crippen LogP contribution in [-0.4, -0.2) is 86.8 Å². The van der Waals surface area contributed by atoms with E-state index in [9.17, 15) is 19.2 Å². The topological polar surface area (TPSA) is 135 Å². The number of imidazole rings is 1. The lowest BCUT2D eigenvalue weighted by Gasteiger charge is -2.45. The molecule has 1 aliphatic carbocycles. The Morgan fingerprint density at radius 1 is 0.969 bits per heavy atom. The third-order valence-electron chi connectivity index (χ3n) is 12.9. The highest BCUT2D eigenvalue weighted by Gasteiger charge is 2.44. The van der Waals surface area contributed by atoms with Crippen molar-refractivity contribution in [3.63, 3.8) is 0 Å². The molecule has 65 heavy (non-hydrogen) atoms. The number of halogens is 3. The first-order valence-corrected chi connectivity index (χ1v) is 23.3. The minimum Gasteiger partial charge on any atom is -0.457 e. The van der Waals surface area contributed by atoms with E-state index in [2.05, 4.69) is 36.4 Å². The Labute approximate surface area is 391 Å². The second kappa shape index (κ2) is 20.4. The minimum absolute atomic E-state index is 0.00878. The van der Waals surface area contributed by atoms with E-state index in [0.29, 0.717) is 55.5 Å². The molecule has 3 aliphatic rings. The molecule has 2 N–H and O–H groups in total. The summed E-state index contributed by atoms with van der Waals surface area (Å²) in [6.07, 6.45) is 5.52. The molecule has 3 heterocycles. The van der Waals surface area contributed by atoms with E-state index in [4.69, 9.17) is 32.7 Å². The van der Waals surface area contributed by atoms with Crippen LogP contribution < -0.4 is 15.4 Å². The SMILES string of the molecule is COC[C@@H]1CC(=O)[C@H](C)N(Cc2c(F)cc(Cl)cc2Oc2ccc(-c3cnc(CNC(C)(C)C)n3C)cc2)C(=O)C[C@@H](CC2CC2)C(=O)N2CCC[C@@](Cc3ccc(Cl)cc3)(C2)NC1=O. The van der Waals surface area contributed by atoms with Crippen molar-refractivity contribution in [2.75, 3.05) is 26.8 Å². The number of benzene rings is 3. The zero-order valence-corrected chi connectivity index (χ0v) is 39.7. The van der Waals surface area contributed by atoms with Gasteiger partial charge in [0.25, 0.3) is 0 Å². The van der Waals surface area contributed by atoms with Gasteiger partial charge in [0.1, 0.15) is 23.1 Å². The number of Topliss-reactive ketones (excluding diaryl/α,β-unsaturated/α-hetero) is 1. The summed E-state index contributed by atoms with van der Waals surface area (Å²) in [5.74, 6) is -2.11. The zero-order valence-electron chi connectivity index (χ0n) is 38.2. The number of fused-ring (bicyclic) bond motifs is 2. The van der Waals surface area contributed by atoms with Crippen molar-refractivity contribution in [3.05, 3.63) is 99.7 Å². The monoisotopic (exact) mass is 930 g/mol. The van der Waals surface area contributed by atoms with Crippen molar-refractivity contribution in [2.24, 2.45) is 24.8 Å². The maximum atomic E-state index is 16.3. The fourth-order valence-electron chi connectivity index (χ4n) is 9.08. The number of rotatable bonds is 13. The predicted octanol–water partition coefficient (Wildman–Crippen LogP) is 8.69. The summed E-state index contributed by atoms with van der Waals surface area (Å²) in [7, 11) is 3.42. The van der Waals surface area contributed by atoms with Gasteiger partial charge in [-0.25, -0.2) is 9.37 Å². The third-order valence-corrected chi connectivity index (χ3v) is 13.4. The van der Waals surface area contributed by atoms with Crippen LogP contribution in [0.5, 0.6) is 11.5 Å².